The molecule has 0 aromatic heterocycles. The quantitative estimate of drug-likeness (QED) is 0.731. The Morgan fingerprint density at radius 2 is 2.14 bits per heavy atom. The lowest BCUT2D eigenvalue weighted by Crippen LogP contribution is -2.42. The Hall–Kier alpha value is -2.31. The first-order valence-electron chi connectivity index (χ1n) is 9.27. The van der Waals surface area contributed by atoms with Crippen LogP contribution in [0, 0.1) is 5.82 Å². The van der Waals surface area contributed by atoms with Gasteiger partial charge in [0.15, 0.2) is 11.5 Å². The molecular weight excluding hydrogens is 383 g/mol. The fourth-order valence-electron chi connectivity index (χ4n) is 3.44. The van der Waals surface area contributed by atoms with Crippen LogP contribution in [0.5, 0.6) is 11.5 Å². The van der Waals surface area contributed by atoms with Crippen molar-refractivity contribution in [1.29, 1.82) is 0 Å². The molecule has 0 spiro atoms. The number of hydrogen-bond acceptors (Lipinski definition) is 4. The van der Waals surface area contributed by atoms with Crippen LogP contribution in [-0.2, 0) is 11.2 Å². The summed E-state index contributed by atoms with van der Waals surface area (Å²) in [5.74, 6) is -0.0159. The van der Waals surface area contributed by atoms with E-state index in [2.05, 4.69) is 5.32 Å². The van der Waals surface area contributed by atoms with Crippen LogP contribution >= 0.6 is 11.6 Å². The molecule has 1 fully saturated rings. The van der Waals surface area contributed by atoms with Gasteiger partial charge in [-0.1, -0.05) is 17.7 Å². The average Bonchev–Trinajstić information content (AvgIpc) is 3.03. The molecule has 3 rings (SSSR count). The van der Waals surface area contributed by atoms with Gasteiger partial charge in [-0.05, 0) is 62.1 Å². The van der Waals surface area contributed by atoms with Crippen LogP contribution in [-0.4, -0.2) is 36.8 Å². The van der Waals surface area contributed by atoms with E-state index in [1.54, 1.807) is 23.1 Å². The van der Waals surface area contributed by atoms with Crippen molar-refractivity contribution in [2.45, 2.75) is 38.3 Å². The van der Waals surface area contributed by atoms with Crippen LogP contribution < -0.4 is 15.0 Å². The number of halogens is 2. The lowest BCUT2D eigenvalue weighted by Gasteiger charge is -2.20. The van der Waals surface area contributed by atoms with E-state index < -0.39 is 5.82 Å². The molecule has 0 saturated carbocycles. The second-order valence-electron chi connectivity index (χ2n) is 7.04. The first-order valence-corrected chi connectivity index (χ1v) is 9.65. The van der Waals surface area contributed by atoms with E-state index in [1.165, 1.54) is 19.2 Å². The Bertz CT molecular complexity index is 862. The summed E-state index contributed by atoms with van der Waals surface area (Å²) in [6.07, 6.45) is 2.24. The van der Waals surface area contributed by atoms with Gasteiger partial charge in [0.25, 0.3) is 0 Å². The first-order chi connectivity index (χ1) is 13.4. The van der Waals surface area contributed by atoms with Crippen molar-refractivity contribution in [3.05, 3.63) is 52.8 Å². The number of hydrogen-bond donors (Lipinski definition) is 2. The summed E-state index contributed by atoms with van der Waals surface area (Å²) >= 11 is 5.72. The van der Waals surface area contributed by atoms with Gasteiger partial charge in [0, 0.05) is 18.3 Å². The van der Waals surface area contributed by atoms with Gasteiger partial charge in [-0.2, -0.15) is 0 Å². The van der Waals surface area contributed by atoms with Crippen LogP contribution in [0.3, 0.4) is 0 Å². The molecular formula is C21H24ClFN2O3. The number of methoxy groups -OCH3 is 1. The zero-order chi connectivity index (χ0) is 20.3. The van der Waals surface area contributed by atoms with Crippen molar-refractivity contribution in [3.63, 3.8) is 0 Å². The third kappa shape index (κ3) is 4.56. The van der Waals surface area contributed by atoms with E-state index >= 15 is 0 Å². The lowest BCUT2D eigenvalue weighted by molar-refractivity contribution is -0.119. The number of ether oxygens (including phenoxy) is 1. The highest BCUT2D eigenvalue weighted by Gasteiger charge is 2.33. The third-order valence-electron chi connectivity index (χ3n) is 5.02. The molecule has 0 radical (unpaired) electrons. The van der Waals surface area contributed by atoms with Gasteiger partial charge in [-0.15, -0.1) is 0 Å². The summed E-state index contributed by atoms with van der Waals surface area (Å²) in [6, 6.07) is 9.59. The second-order valence-corrected chi connectivity index (χ2v) is 7.45. The number of phenolic OH excluding ortho intramolecular Hbond substituents is 1. The van der Waals surface area contributed by atoms with Gasteiger partial charge in [0.05, 0.1) is 18.2 Å². The molecule has 0 unspecified atom stereocenters. The predicted molar refractivity (Wildman–Crippen MR) is 108 cm³/mol. The van der Waals surface area contributed by atoms with E-state index in [0.717, 1.165) is 18.4 Å². The molecule has 2 atom stereocenters. The SMILES string of the molecule is COc1ccc(CC[C@@H](C)N[C@@H]2CCN(c3ccc(Cl)c(F)c3)C2=O)cc1O. The van der Waals surface area contributed by atoms with E-state index in [0.29, 0.717) is 24.4 Å². The van der Waals surface area contributed by atoms with Crippen molar-refractivity contribution in [3.8, 4) is 11.5 Å². The summed E-state index contributed by atoms with van der Waals surface area (Å²) in [4.78, 5) is 14.3. The van der Waals surface area contributed by atoms with Crippen molar-refractivity contribution < 1.29 is 19.0 Å². The molecule has 1 amide bonds. The number of carbonyl (C=O) groups is 1. The Morgan fingerprint density at radius 1 is 1.36 bits per heavy atom. The van der Waals surface area contributed by atoms with Crippen molar-refractivity contribution in [2.24, 2.45) is 0 Å². The van der Waals surface area contributed by atoms with Gasteiger partial charge < -0.3 is 20.1 Å². The number of aromatic hydroxyl groups is 1. The third-order valence-corrected chi connectivity index (χ3v) is 5.32. The number of nitrogens with zero attached hydrogens (tertiary/aromatic N) is 1. The largest absolute Gasteiger partial charge is 0.504 e. The minimum absolute atomic E-state index is 0.0447. The molecule has 0 bridgehead atoms. The van der Waals surface area contributed by atoms with Gasteiger partial charge in [0.2, 0.25) is 5.91 Å². The van der Waals surface area contributed by atoms with Gasteiger partial charge in [0.1, 0.15) is 5.82 Å². The fourth-order valence-corrected chi connectivity index (χ4v) is 3.56. The molecule has 1 aliphatic rings. The van der Waals surface area contributed by atoms with Crippen molar-refractivity contribution in [1.82, 2.24) is 5.32 Å². The summed E-state index contributed by atoms with van der Waals surface area (Å²) in [7, 11) is 1.51. The highest BCUT2D eigenvalue weighted by atomic mass is 35.5. The highest BCUT2D eigenvalue weighted by Crippen LogP contribution is 2.28. The number of aryl methyl sites for hydroxylation is 1. The van der Waals surface area contributed by atoms with E-state index in [-0.39, 0.29) is 28.8 Å². The Labute approximate surface area is 169 Å². The topological polar surface area (TPSA) is 61.8 Å². The number of amides is 1. The van der Waals surface area contributed by atoms with Crippen LogP contribution in [0.25, 0.3) is 0 Å². The molecule has 0 aliphatic carbocycles. The summed E-state index contributed by atoms with van der Waals surface area (Å²) in [5, 5.41) is 13.3. The van der Waals surface area contributed by atoms with Gasteiger partial charge >= 0.3 is 0 Å². The van der Waals surface area contributed by atoms with Gasteiger partial charge in [-0.3, -0.25) is 4.79 Å². The molecule has 5 nitrogen and oxygen atoms in total. The highest BCUT2D eigenvalue weighted by molar-refractivity contribution is 6.30. The smallest absolute Gasteiger partial charge is 0.244 e. The molecule has 7 heteroatoms. The zero-order valence-corrected chi connectivity index (χ0v) is 16.7. The molecule has 1 saturated heterocycles. The first kappa shape index (κ1) is 20.4. The maximum atomic E-state index is 13.7. The molecule has 28 heavy (non-hydrogen) atoms. The Balaban J connectivity index is 1.54. The number of carbonyl (C=O) groups excluding carboxylic acids is 1. The molecule has 1 heterocycles. The lowest BCUT2D eigenvalue weighted by atomic mass is 10.0. The summed E-state index contributed by atoms with van der Waals surface area (Å²) in [6.45, 7) is 2.57. The average molecular weight is 407 g/mol. The maximum absolute atomic E-state index is 13.7. The second kappa shape index (κ2) is 8.80. The molecule has 1 aliphatic heterocycles. The molecule has 2 N–H and O–H groups in total. The molecule has 2 aromatic rings. The summed E-state index contributed by atoms with van der Waals surface area (Å²) in [5.41, 5.74) is 1.53. The molecule has 2 aromatic carbocycles. The van der Waals surface area contributed by atoms with Crippen molar-refractivity contribution >= 4 is 23.2 Å². The van der Waals surface area contributed by atoms with E-state index in [1.807, 2.05) is 13.0 Å². The number of rotatable bonds is 7. The maximum Gasteiger partial charge on any atom is 0.244 e. The fraction of sp³-hybridized carbons (Fsp3) is 0.381. The van der Waals surface area contributed by atoms with Crippen LogP contribution in [0.15, 0.2) is 36.4 Å². The normalized spacial score (nSPS) is 17.8. The van der Waals surface area contributed by atoms with Gasteiger partial charge in [-0.25, -0.2) is 4.39 Å². The Morgan fingerprint density at radius 3 is 2.82 bits per heavy atom. The summed E-state index contributed by atoms with van der Waals surface area (Å²) < 4.78 is 18.7. The number of nitrogens with one attached hydrogen (secondary N) is 1. The zero-order valence-electron chi connectivity index (χ0n) is 15.9. The monoisotopic (exact) mass is 406 g/mol. The van der Waals surface area contributed by atoms with Crippen LogP contribution in [0.1, 0.15) is 25.3 Å². The molecule has 150 valence electrons. The Kier molecular flexibility index (Phi) is 6.42. The van der Waals surface area contributed by atoms with Crippen molar-refractivity contribution in [2.75, 3.05) is 18.6 Å². The number of benzene rings is 2. The predicted octanol–water partition coefficient (Wildman–Crippen LogP) is 3.91. The minimum Gasteiger partial charge on any atom is -0.504 e. The van der Waals surface area contributed by atoms with E-state index in [9.17, 15) is 14.3 Å². The van der Waals surface area contributed by atoms with Crippen LogP contribution in [0.2, 0.25) is 5.02 Å². The minimum atomic E-state index is -0.528. The van der Waals surface area contributed by atoms with E-state index in [4.69, 9.17) is 16.3 Å². The van der Waals surface area contributed by atoms with Crippen LogP contribution in [0.4, 0.5) is 10.1 Å². The number of phenols is 1. The standard InChI is InChI=1S/C21H24ClFN2O3/c1-13(3-4-14-5-8-20(28-2)19(26)11-14)24-18-9-10-25(21(18)27)15-6-7-16(22)17(23)12-15/h5-8,11-13,18,24,26H,3-4,9-10H2,1-2H3/t13-,18-/m1/s1. The number of anilines is 1.